The van der Waals surface area contributed by atoms with E-state index in [0.717, 1.165) is 37.8 Å². The van der Waals surface area contributed by atoms with Crippen molar-refractivity contribution in [3.63, 3.8) is 0 Å². The molecule has 1 N–H and O–H groups in total. The lowest BCUT2D eigenvalue weighted by Crippen LogP contribution is -2.50. The summed E-state index contributed by atoms with van der Waals surface area (Å²) in [5.41, 5.74) is 1.33. The predicted molar refractivity (Wildman–Crippen MR) is 122 cm³/mol. The number of sulfone groups is 1. The first-order chi connectivity index (χ1) is 15.7. The van der Waals surface area contributed by atoms with Gasteiger partial charge in [-0.05, 0) is 50.5 Å². The van der Waals surface area contributed by atoms with Gasteiger partial charge in [0, 0.05) is 24.0 Å². The first kappa shape index (κ1) is 23.3. The molecule has 1 aliphatic carbocycles. The van der Waals surface area contributed by atoms with E-state index >= 15 is 0 Å². The highest BCUT2D eigenvalue weighted by molar-refractivity contribution is 7.91. The fourth-order valence-corrected chi connectivity index (χ4v) is 6.58. The van der Waals surface area contributed by atoms with Crippen molar-refractivity contribution >= 4 is 21.7 Å². The number of rotatable bonds is 6. The van der Waals surface area contributed by atoms with Crippen LogP contribution >= 0.6 is 0 Å². The average molecular weight is 476 g/mol. The predicted octanol–water partition coefficient (Wildman–Crippen LogP) is 1.98. The summed E-state index contributed by atoms with van der Waals surface area (Å²) in [6.07, 6.45) is 6.83. The van der Waals surface area contributed by atoms with Gasteiger partial charge in [0.1, 0.15) is 0 Å². The number of nitrogens with one attached hydrogen (secondary N) is 1. The maximum absolute atomic E-state index is 13.1. The molecule has 1 aliphatic heterocycles. The molecule has 0 spiro atoms. The van der Waals surface area contributed by atoms with E-state index in [-0.39, 0.29) is 40.7 Å². The van der Waals surface area contributed by atoms with Crippen molar-refractivity contribution in [3.05, 3.63) is 52.2 Å². The molecule has 10 heteroatoms. The lowest BCUT2D eigenvalue weighted by atomic mass is 9.93. The Balaban J connectivity index is 1.42. The van der Waals surface area contributed by atoms with E-state index < -0.39 is 22.4 Å². The SMILES string of the molecule is Cc1c[nH]c(=O)n1-c1ccc(C(=O)OCC(=O)N(C2CCCCC2)C2CCS(=O)(=O)C2)cc1. The van der Waals surface area contributed by atoms with E-state index in [0.29, 0.717) is 12.1 Å². The summed E-state index contributed by atoms with van der Waals surface area (Å²) in [7, 11) is -3.14. The van der Waals surface area contributed by atoms with Crippen LogP contribution in [0.4, 0.5) is 0 Å². The Labute approximate surface area is 192 Å². The molecule has 9 nitrogen and oxygen atoms in total. The van der Waals surface area contributed by atoms with E-state index in [2.05, 4.69) is 4.98 Å². The highest BCUT2D eigenvalue weighted by atomic mass is 32.2. The van der Waals surface area contributed by atoms with Gasteiger partial charge in [0.25, 0.3) is 5.91 Å². The number of benzene rings is 1. The van der Waals surface area contributed by atoms with Crippen molar-refractivity contribution in [2.45, 2.75) is 57.5 Å². The molecular weight excluding hydrogens is 446 g/mol. The minimum absolute atomic E-state index is 0.00885. The van der Waals surface area contributed by atoms with Gasteiger partial charge in [0.2, 0.25) is 0 Å². The molecule has 2 fully saturated rings. The molecule has 0 bridgehead atoms. The number of esters is 1. The summed E-state index contributed by atoms with van der Waals surface area (Å²) in [6, 6.07) is 6.00. The van der Waals surface area contributed by atoms with Crippen molar-refractivity contribution in [1.29, 1.82) is 0 Å². The second-order valence-corrected chi connectivity index (χ2v) is 11.1. The Hall–Kier alpha value is -2.88. The quantitative estimate of drug-likeness (QED) is 0.638. The molecule has 2 heterocycles. The van der Waals surface area contributed by atoms with Crippen LogP contribution in [0.15, 0.2) is 35.3 Å². The van der Waals surface area contributed by atoms with Crippen molar-refractivity contribution in [2.24, 2.45) is 0 Å². The molecule has 2 aliphatic rings. The normalized spacial score (nSPS) is 20.5. The first-order valence-electron chi connectivity index (χ1n) is 11.3. The van der Waals surface area contributed by atoms with Gasteiger partial charge in [-0.3, -0.25) is 9.36 Å². The van der Waals surface area contributed by atoms with Crippen LogP contribution in [0.25, 0.3) is 5.69 Å². The Morgan fingerprint density at radius 1 is 1.09 bits per heavy atom. The van der Waals surface area contributed by atoms with Crippen molar-refractivity contribution in [1.82, 2.24) is 14.5 Å². The molecule has 33 heavy (non-hydrogen) atoms. The number of aromatic amines is 1. The Morgan fingerprint density at radius 2 is 1.79 bits per heavy atom. The lowest BCUT2D eigenvalue weighted by molar-refractivity contribution is -0.140. The third-order valence-electron chi connectivity index (χ3n) is 6.51. The maximum Gasteiger partial charge on any atom is 0.338 e. The second-order valence-electron chi connectivity index (χ2n) is 8.84. The number of imidazole rings is 1. The summed E-state index contributed by atoms with van der Waals surface area (Å²) in [5.74, 6) is -0.925. The molecule has 1 amide bonds. The molecule has 1 aromatic carbocycles. The van der Waals surface area contributed by atoms with Crippen molar-refractivity contribution < 1.29 is 22.7 Å². The van der Waals surface area contributed by atoms with Crippen LogP contribution in [0.1, 0.15) is 54.6 Å². The van der Waals surface area contributed by atoms with Crippen LogP contribution in [0, 0.1) is 6.92 Å². The maximum atomic E-state index is 13.1. The number of hydrogen-bond donors (Lipinski definition) is 1. The summed E-state index contributed by atoms with van der Waals surface area (Å²) in [5, 5.41) is 0. The number of carbonyl (C=O) groups is 2. The van der Waals surface area contributed by atoms with E-state index in [1.165, 1.54) is 4.57 Å². The number of amides is 1. The van der Waals surface area contributed by atoms with E-state index in [4.69, 9.17) is 4.74 Å². The van der Waals surface area contributed by atoms with Crippen LogP contribution in [0.5, 0.6) is 0 Å². The molecular formula is C23H29N3O6S. The van der Waals surface area contributed by atoms with Gasteiger partial charge >= 0.3 is 11.7 Å². The molecule has 2 aromatic rings. The molecule has 1 atom stereocenters. The zero-order valence-corrected chi connectivity index (χ0v) is 19.5. The van der Waals surface area contributed by atoms with Crippen LogP contribution in [0.3, 0.4) is 0 Å². The third kappa shape index (κ3) is 5.21. The topological polar surface area (TPSA) is 119 Å². The van der Waals surface area contributed by atoms with Gasteiger partial charge in [-0.15, -0.1) is 0 Å². The number of aromatic nitrogens is 2. The van der Waals surface area contributed by atoms with Crippen LogP contribution in [0.2, 0.25) is 0 Å². The van der Waals surface area contributed by atoms with Gasteiger partial charge in [0.05, 0.1) is 22.8 Å². The Morgan fingerprint density at radius 3 is 2.36 bits per heavy atom. The third-order valence-corrected chi connectivity index (χ3v) is 8.26. The number of nitrogens with zero attached hydrogens (tertiary/aromatic N) is 2. The number of aryl methyl sites for hydroxylation is 1. The summed E-state index contributed by atoms with van der Waals surface area (Å²) >= 11 is 0. The number of hydrogen-bond acceptors (Lipinski definition) is 6. The highest BCUT2D eigenvalue weighted by Crippen LogP contribution is 2.28. The molecule has 4 rings (SSSR count). The van der Waals surface area contributed by atoms with Crippen molar-refractivity contribution in [3.8, 4) is 5.69 Å². The first-order valence-corrected chi connectivity index (χ1v) is 13.1. The molecule has 178 valence electrons. The lowest BCUT2D eigenvalue weighted by Gasteiger charge is -2.38. The largest absolute Gasteiger partial charge is 0.452 e. The van der Waals surface area contributed by atoms with E-state index in [1.54, 1.807) is 42.3 Å². The Kier molecular flexibility index (Phi) is 6.73. The number of carbonyl (C=O) groups excluding carboxylic acids is 2. The smallest absolute Gasteiger partial charge is 0.338 e. The van der Waals surface area contributed by atoms with Gasteiger partial charge in [-0.1, -0.05) is 19.3 Å². The van der Waals surface area contributed by atoms with Crippen LogP contribution < -0.4 is 5.69 Å². The molecule has 1 unspecified atom stereocenters. The summed E-state index contributed by atoms with van der Waals surface area (Å²) in [4.78, 5) is 41.8. The van der Waals surface area contributed by atoms with E-state index in [1.807, 2.05) is 0 Å². The highest BCUT2D eigenvalue weighted by Gasteiger charge is 2.38. The summed E-state index contributed by atoms with van der Waals surface area (Å²) in [6.45, 7) is 1.36. The molecule has 1 saturated carbocycles. The standard InChI is InChI=1S/C23H29N3O6S/c1-16-13-24-23(29)25(16)19-9-7-17(8-10-19)22(28)32-14-21(27)26(18-5-3-2-4-6-18)20-11-12-33(30,31)15-20/h7-10,13,18,20H,2-6,11-12,14-15H2,1H3,(H,24,29). The summed E-state index contributed by atoms with van der Waals surface area (Å²) < 4.78 is 30.8. The van der Waals surface area contributed by atoms with Gasteiger partial charge in [0.15, 0.2) is 16.4 Å². The average Bonchev–Trinajstić information content (AvgIpc) is 3.33. The monoisotopic (exact) mass is 475 g/mol. The minimum Gasteiger partial charge on any atom is -0.452 e. The van der Waals surface area contributed by atoms with Gasteiger partial charge < -0.3 is 14.6 Å². The second kappa shape index (κ2) is 9.54. The molecule has 0 radical (unpaired) electrons. The number of H-pyrrole nitrogens is 1. The fourth-order valence-electron chi connectivity index (χ4n) is 4.87. The van der Waals surface area contributed by atoms with Crippen LogP contribution in [-0.4, -0.2) is 64.9 Å². The van der Waals surface area contributed by atoms with Crippen LogP contribution in [-0.2, 0) is 19.4 Å². The number of ether oxygens (including phenoxy) is 1. The molecule has 1 saturated heterocycles. The minimum atomic E-state index is -3.14. The Bertz CT molecular complexity index is 1180. The van der Waals surface area contributed by atoms with E-state index in [9.17, 15) is 22.8 Å². The van der Waals surface area contributed by atoms with Crippen molar-refractivity contribution in [2.75, 3.05) is 18.1 Å². The van der Waals surface area contributed by atoms with Gasteiger partial charge in [-0.2, -0.15) is 0 Å². The zero-order valence-electron chi connectivity index (χ0n) is 18.7. The fraction of sp³-hybridized carbons (Fsp3) is 0.522. The van der Waals surface area contributed by atoms with Gasteiger partial charge in [-0.25, -0.2) is 18.0 Å². The molecule has 1 aromatic heterocycles. The zero-order chi connectivity index (χ0) is 23.6.